The van der Waals surface area contributed by atoms with E-state index in [9.17, 15) is 0 Å². The van der Waals surface area contributed by atoms with Crippen molar-refractivity contribution in [2.24, 2.45) is 0 Å². The lowest BCUT2D eigenvalue weighted by molar-refractivity contribution is 0.628. The van der Waals surface area contributed by atoms with E-state index < -0.39 is 5.41 Å². The van der Waals surface area contributed by atoms with Crippen molar-refractivity contribution in [2.45, 2.75) is 5.41 Å². The lowest BCUT2D eigenvalue weighted by Crippen LogP contribution is -2.26. The number of fused-ring (bicyclic) bond motifs is 18. The van der Waals surface area contributed by atoms with Gasteiger partial charge in [0, 0.05) is 65.5 Å². The van der Waals surface area contributed by atoms with Crippen LogP contribution in [0.25, 0.3) is 75.5 Å². The van der Waals surface area contributed by atoms with E-state index >= 15 is 0 Å². The summed E-state index contributed by atoms with van der Waals surface area (Å²) in [5.74, 6) is 0.918. The Kier molecular flexibility index (Phi) is 7.83. The first kappa shape index (κ1) is 37.6. The van der Waals surface area contributed by atoms with Crippen molar-refractivity contribution >= 4 is 98.5 Å². The molecular weight excluding hydrogens is 849 g/mol. The number of hydrogen-bond donors (Lipinski definition) is 0. The van der Waals surface area contributed by atoms with Crippen LogP contribution in [-0.2, 0) is 5.41 Å². The maximum Gasteiger partial charge on any atom is 0.159 e. The second kappa shape index (κ2) is 14.2. The molecule has 0 saturated heterocycles. The van der Waals surface area contributed by atoms with Crippen LogP contribution in [0.5, 0.6) is 0 Å². The fraction of sp³-hybridized carbons (Fsp3) is 0.0159. The molecule has 0 amide bonds. The summed E-state index contributed by atoms with van der Waals surface area (Å²) in [6, 6.07) is 83.6. The number of rotatable bonds is 6. The fourth-order valence-corrected chi connectivity index (χ4v) is 12.9. The predicted molar refractivity (Wildman–Crippen MR) is 282 cm³/mol. The minimum atomic E-state index is -0.727. The lowest BCUT2D eigenvalue weighted by atomic mass is 9.70. The highest BCUT2D eigenvalue weighted by atomic mass is 32.1. The molecule has 3 aromatic heterocycles. The van der Waals surface area contributed by atoms with E-state index in [1.165, 1.54) is 53.6 Å². The van der Waals surface area contributed by atoms with Gasteiger partial charge in [-0.3, -0.25) is 0 Å². The molecule has 0 bridgehead atoms. The van der Waals surface area contributed by atoms with Gasteiger partial charge in [0.05, 0.1) is 21.5 Å². The summed E-state index contributed by atoms with van der Waals surface area (Å²) >= 11 is 1.86. The van der Waals surface area contributed by atoms with Crippen LogP contribution >= 0.6 is 11.3 Å². The third-order valence-corrected chi connectivity index (χ3v) is 15.7. The summed E-state index contributed by atoms with van der Waals surface area (Å²) in [6.07, 6.45) is 0. The highest BCUT2D eigenvalue weighted by Crippen LogP contribution is 2.66. The molecule has 5 heteroatoms. The molecule has 1 unspecified atom stereocenters. The monoisotopic (exact) mass is 886 g/mol. The number of nitrogens with zero attached hydrogens (tertiary/aromatic N) is 2. The molecule has 0 fully saturated rings. The fourth-order valence-electron chi connectivity index (χ4n) is 11.7. The predicted octanol–water partition coefficient (Wildman–Crippen LogP) is 18.0. The Hall–Kier alpha value is -8.64. The molecular formula is C63H38N2O2S. The van der Waals surface area contributed by atoms with Gasteiger partial charge in [0.1, 0.15) is 16.9 Å². The lowest BCUT2D eigenvalue weighted by Gasteiger charge is -2.33. The summed E-state index contributed by atoms with van der Waals surface area (Å²) in [7, 11) is 0. The molecule has 1 spiro atoms. The molecule has 318 valence electrons. The van der Waals surface area contributed by atoms with Crippen LogP contribution in [0.3, 0.4) is 0 Å². The number of benzene rings is 10. The minimum absolute atomic E-state index is 0.727. The summed E-state index contributed by atoms with van der Waals surface area (Å²) < 4.78 is 16.4. The van der Waals surface area contributed by atoms with E-state index in [-0.39, 0.29) is 0 Å². The normalized spacial score (nSPS) is 14.5. The summed E-state index contributed by atoms with van der Waals surface area (Å²) in [6.45, 7) is 0. The van der Waals surface area contributed by atoms with Gasteiger partial charge in [0.15, 0.2) is 5.58 Å². The van der Waals surface area contributed by atoms with Gasteiger partial charge in [-0.2, -0.15) is 0 Å². The molecule has 4 nitrogen and oxygen atoms in total. The zero-order valence-electron chi connectivity index (χ0n) is 36.6. The summed E-state index contributed by atoms with van der Waals surface area (Å²) in [4.78, 5) is 4.82. The van der Waals surface area contributed by atoms with E-state index in [2.05, 4.69) is 234 Å². The Morgan fingerprint density at radius 1 is 0.353 bits per heavy atom. The largest absolute Gasteiger partial charge is 0.456 e. The number of furan rings is 2. The van der Waals surface area contributed by atoms with E-state index in [4.69, 9.17) is 8.83 Å². The van der Waals surface area contributed by atoms with Crippen LogP contribution in [0.2, 0.25) is 0 Å². The van der Waals surface area contributed by atoms with Crippen LogP contribution in [0.4, 0.5) is 34.1 Å². The first-order valence-electron chi connectivity index (χ1n) is 23.2. The molecule has 2 aliphatic rings. The number of para-hydroxylation sites is 5. The maximum atomic E-state index is 7.07. The topological polar surface area (TPSA) is 32.8 Å². The van der Waals surface area contributed by atoms with Crippen molar-refractivity contribution in [3.8, 4) is 22.5 Å². The zero-order chi connectivity index (χ0) is 44.5. The van der Waals surface area contributed by atoms with E-state index in [0.717, 1.165) is 78.4 Å². The van der Waals surface area contributed by atoms with Gasteiger partial charge in [0.25, 0.3) is 0 Å². The molecule has 2 aliphatic carbocycles. The van der Waals surface area contributed by atoms with Crippen molar-refractivity contribution in [1.29, 1.82) is 0 Å². The number of anilines is 6. The first-order valence-corrected chi connectivity index (χ1v) is 24.0. The Morgan fingerprint density at radius 2 is 0.897 bits per heavy atom. The highest BCUT2D eigenvalue weighted by Gasteiger charge is 2.55. The van der Waals surface area contributed by atoms with E-state index in [0.29, 0.717) is 0 Å². The van der Waals surface area contributed by atoms with E-state index in [1.54, 1.807) is 0 Å². The second-order valence-corrected chi connectivity index (χ2v) is 19.0. The van der Waals surface area contributed by atoms with Crippen LogP contribution < -0.4 is 9.80 Å². The van der Waals surface area contributed by atoms with Gasteiger partial charge in [-0.25, -0.2) is 0 Å². The van der Waals surface area contributed by atoms with Gasteiger partial charge in [-0.15, -0.1) is 11.3 Å². The third kappa shape index (κ3) is 5.08. The Labute approximate surface area is 395 Å². The second-order valence-electron chi connectivity index (χ2n) is 17.9. The molecule has 68 heavy (non-hydrogen) atoms. The van der Waals surface area contributed by atoms with Crippen LogP contribution in [0, 0.1) is 0 Å². The van der Waals surface area contributed by atoms with Crippen molar-refractivity contribution < 1.29 is 8.83 Å². The Balaban J connectivity index is 1.02. The minimum Gasteiger partial charge on any atom is -0.456 e. The van der Waals surface area contributed by atoms with Gasteiger partial charge in [-0.1, -0.05) is 146 Å². The molecule has 0 radical (unpaired) electrons. The molecule has 13 aromatic rings. The molecule has 3 heterocycles. The molecule has 0 saturated carbocycles. The van der Waals surface area contributed by atoms with Crippen molar-refractivity contribution in [2.75, 3.05) is 9.80 Å². The van der Waals surface area contributed by atoms with Crippen molar-refractivity contribution in [3.05, 3.63) is 253 Å². The molecule has 0 N–H and O–H groups in total. The maximum absolute atomic E-state index is 7.07. The first-order chi connectivity index (χ1) is 33.7. The SMILES string of the molecule is c1ccc(N(c2ccc3c(c2)C2(c4ccccc4-c4ccc(N(c5ccccc5)c5cccc6c5sc5ccccc56)cc42)c2c-3oc3ccccc23)c2cccc3c2oc2ccccc23)cc1. The van der Waals surface area contributed by atoms with Gasteiger partial charge < -0.3 is 18.6 Å². The van der Waals surface area contributed by atoms with Crippen LogP contribution in [-0.4, -0.2) is 0 Å². The summed E-state index contributed by atoms with van der Waals surface area (Å²) in [5.41, 5.74) is 16.7. The Morgan fingerprint density at radius 3 is 1.66 bits per heavy atom. The molecule has 15 rings (SSSR count). The molecule has 1 atom stereocenters. The standard InChI is InChI=1S/C63H38N2O2S/c1-3-17-39(18-4-1)64(54-28-15-25-47-45-22-8-12-30-56(45)66-60(47)54)41-34-36-49-53(38-41)63(59-50-24-9-13-31-57(50)67-61(49)59)51-27-11-7-21-43(51)44-35-33-42(37-52(44)63)65(40-19-5-2-6-20-40)55-29-16-26-48-46-23-10-14-32-58(46)68-62(48)55/h1-38H. The number of hydrogen-bond acceptors (Lipinski definition) is 5. The van der Waals surface area contributed by atoms with Crippen molar-refractivity contribution in [3.63, 3.8) is 0 Å². The smallest absolute Gasteiger partial charge is 0.159 e. The van der Waals surface area contributed by atoms with Gasteiger partial charge in [-0.05, 0) is 113 Å². The number of thiophene rings is 1. The average Bonchev–Trinajstić information content (AvgIpc) is 4.20. The Bertz CT molecular complexity index is 4180. The molecule has 0 aliphatic heterocycles. The third-order valence-electron chi connectivity index (χ3n) is 14.4. The quantitative estimate of drug-likeness (QED) is 0.167. The van der Waals surface area contributed by atoms with Crippen molar-refractivity contribution in [1.82, 2.24) is 0 Å². The average molecular weight is 887 g/mol. The van der Waals surface area contributed by atoms with Crippen LogP contribution in [0.15, 0.2) is 239 Å². The zero-order valence-corrected chi connectivity index (χ0v) is 37.4. The van der Waals surface area contributed by atoms with Gasteiger partial charge >= 0.3 is 0 Å². The van der Waals surface area contributed by atoms with E-state index in [1.807, 2.05) is 17.4 Å². The molecule has 10 aromatic carbocycles. The highest BCUT2D eigenvalue weighted by molar-refractivity contribution is 7.26. The van der Waals surface area contributed by atoms with Gasteiger partial charge in [0.2, 0.25) is 0 Å². The van der Waals surface area contributed by atoms with Crippen LogP contribution in [0.1, 0.15) is 22.3 Å². The summed E-state index contributed by atoms with van der Waals surface area (Å²) in [5, 5.41) is 5.86.